The van der Waals surface area contributed by atoms with E-state index in [1.54, 1.807) is 13.0 Å². The third kappa shape index (κ3) is 3.87. The van der Waals surface area contributed by atoms with Crippen LogP contribution in [0.1, 0.15) is 38.2 Å². The van der Waals surface area contributed by atoms with Gasteiger partial charge in [0.2, 0.25) is 0 Å². The molecule has 1 aliphatic carbocycles. The minimum Gasteiger partial charge on any atom is -0.481 e. The second kappa shape index (κ2) is 6.29. The van der Waals surface area contributed by atoms with Crippen LogP contribution in [0.2, 0.25) is 5.02 Å². The fraction of sp³-hybridized carbons (Fsp3) is 0.533. The maximum absolute atomic E-state index is 12.0. The molecule has 3 nitrogen and oxygen atoms in total. The first-order chi connectivity index (χ1) is 9.06. The molecule has 0 spiro atoms. The number of carbonyl (C=O) groups excluding carboxylic acids is 1. The van der Waals surface area contributed by atoms with E-state index in [1.807, 2.05) is 19.1 Å². The molecular formula is C15H20ClNO2. The number of hydrogen-bond acceptors (Lipinski definition) is 2. The summed E-state index contributed by atoms with van der Waals surface area (Å²) in [5, 5.41) is 3.65. The van der Waals surface area contributed by atoms with E-state index < -0.39 is 6.10 Å². The molecule has 0 aliphatic heterocycles. The van der Waals surface area contributed by atoms with Crippen molar-refractivity contribution in [2.75, 3.05) is 0 Å². The maximum Gasteiger partial charge on any atom is 0.260 e. The molecule has 1 unspecified atom stereocenters. The summed E-state index contributed by atoms with van der Waals surface area (Å²) in [5.41, 5.74) is 0.977. The fourth-order valence-electron chi connectivity index (χ4n) is 2.33. The zero-order valence-corrected chi connectivity index (χ0v) is 12.2. The molecule has 0 saturated heterocycles. The molecule has 0 aromatic heterocycles. The average molecular weight is 282 g/mol. The van der Waals surface area contributed by atoms with E-state index in [2.05, 4.69) is 5.32 Å². The number of hydrogen-bond donors (Lipinski definition) is 1. The van der Waals surface area contributed by atoms with Crippen LogP contribution in [-0.4, -0.2) is 18.1 Å². The molecule has 1 aromatic rings. The SMILES string of the molecule is Cc1ccc(Cl)cc1OC(C)C(=O)NC1CCCC1. The number of ether oxygens (including phenoxy) is 1. The van der Waals surface area contributed by atoms with Gasteiger partial charge in [-0.3, -0.25) is 4.79 Å². The van der Waals surface area contributed by atoms with Gasteiger partial charge in [0.05, 0.1) is 0 Å². The number of amides is 1. The molecule has 104 valence electrons. The van der Waals surface area contributed by atoms with Gasteiger partial charge in [-0.2, -0.15) is 0 Å². The second-order valence-corrected chi connectivity index (χ2v) is 5.60. The van der Waals surface area contributed by atoms with E-state index >= 15 is 0 Å². The summed E-state index contributed by atoms with van der Waals surface area (Å²) in [7, 11) is 0. The Labute approximate surface area is 119 Å². The van der Waals surface area contributed by atoms with Crippen LogP contribution in [0.4, 0.5) is 0 Å². The zero-order chi connectivity index (χ0) is 13.8. The third-order valence-electron chi connectivity index (χ3n) is 3.52. The number of rotatable bonds is 4. The van der Waals surface area contributed by atoms with Gasteiger partial charge in [-0.15, -0.1) is 0 Å². The largest absolute Gasteiger partial charge is 0.481 e. The van der Waals surface area contributed by atoms with Crippen molar-refractivity contribution in [2.24, 2.45) is 0 Å². The smallest absolute Gasteiger partial charge is 0.260 e. The van der Waals surface area contributed by atoms with Gasteiger partial charge in [-0.1, -0.05) is 30.5 Å². The van der Waals surface area contributed by atoms with Gasteiger partial charge in [0.25, 0.3) is 5.91 Å². The van der Waals surface area contributed by atoms with Crippen LogP contribution in [-0.2, 0) is 4.79 Å². The molecule has 0 radical (unpaired) electrons. The summed E-state index contributed by atoms with van der Waals surface area (Å²) in [6.07, 6.45) is 4.06. The van der Waals surface area contributed by atoms with E-state index in [0.29, 0.717) is 16.8 Å². The van der Waals surface area contributed by atoms with Gasteiger partial charge in [-0.25, -0.2) is 0 Å². The minimum absolute atomic E-state index is 0.0497. The molecule has 1 saturated carbocycles. The van der Waals surface area contributed by atoms with E-state index in [0.717, 1.165) is 18.4 Å². The normalized spacial score (nSPS) is 17.2. The Balaban J connectivity index is 1.93. The highest BCUT2D eigenvalue weighted by atomic mass is 35.5. The lowest BCUT2D eigenvalue weighted by molar-refractivity contribution is -0.127. The number of aryl methyl sites for hydroxylation is 1. The van der Waals surface area contributed by atoms with E-state index in [9.17, 15) is 4.79 Å². The van der Waals surface area contributed by atoms with Crippen LogP contribution in [0, 0.1) is 6.92 Å². The summed E-state index contributed by atoms with van der Waals surface area (Å²) >= 11 is 5.94. The lowest BCUT2D eigenvalue weighted by atomic mass is 10.2. The van der Waals surface area contributed by atoms with Gasteiger partial charge in [0.1, 0.15) is 5.75 Å². The second-order valence-electron chi connectivity index (χ2n) is 5.16. The monoisotopic (exact) mass is 281 g/mol. The summed E-state index contributed by atoms with van der Waals surface area (Å²) in [4.78, 5) is 12.0. The Kier molecular flexibility index (Phi) is 4.70. The van der Waals surface area contributed by atoms with Crippen molar-refractivity contribution in [3.8, 4) is 5.75 Å². The van der Waals surface area contributed by atoms with Crippen LogP contribution in [0.5, 0.6) is 5.75 Å². The lowest BCUT2D eigenvalue weighted by Crippen LogP contribution is -2.41. The van der Waals surface area contributed by atoms with Crippen molar-refractivity contribution < 1.29 is 9.53 Å². The van der Waals surface area contributed by atoms with Crippen molar-refractivity contribution in [1.82, 2.24) is 5.32 Å². The summed E-state index contributed by atoms with van der Waals surface area (Å²) in [6.45, 7) is 3.71. The van der Waals surface area contributed by atoms with Crippen molar-refractivity contribution in [3.63, 3.8) is 0 Å². The first kappa shape index (κ1) is 14.2. The third-order valence-corrected chi connectivity index (χ3v) is 3.76. The van der Waals surface area contributed by atoms with E-state index in [1.165, 1.54) is 12.8 Å². The highest BCUT2D eigenvalue weighted by Gasteiger charge is 2.21. The lowest BCUT2D eigenvalue weighted by Gasteiger charge is -2.19. The molecule has 19 heavy (non-hydrogen) atoms. The Morgan fingerprint density at radius 2 is 2.11 bits per heavy atom. The highest BCUT2D eigenvalue weighted by molar-refractivity contribution is 6.30. The molecular weight excluding hydrogens is 262 g/mol. The molecule has 1 aromatic carbocycles. The van der Waals surface area contributed by atoms with Crippen molar-refractivity contribution >= 4 is 17.5 Å². The van der Waals surface area contributed by atoms with Gasteiger partial charge >= 0.3 is 0 Å². The Bertz CT molecular complexity index is 455. The summed E-state index contributed by atoms with van der Waals surface area (Å²) in [5.74, 6) is 0.618. The summed E-state index contributed by atoms with van der Waals surface area (Å²) in [6, 6.07) is 5.77. The zero-order valence-electron chi connectivity index (χ0n) is 11.4. The van der Waals surface area contributed by atoms with Gasteiger partial charge in [0.15, 0.2) is 6.10 Å². The van der Waals surface area contributed by atoms with Crippen molar-refractivity contribution in [3.05, 3.63) is 28.8 Å². The average Bonchev–Trinajstić information content (AvgIpc) is 2.86. The van der Waals surface area contributed by atoms with E-state index in [-0.39, 0.29) is 5.91 Å². The van der Waals surface area contributed by atoms with Crippen molar-refractivity contribution in [1.29, 1.82) is 0 Å². The van der Waals surface area contributed by atoms with Crippen LogP contribution in [0.3, 0.4) is 0 Å². The molecule has 1 amide bonds. The molecule has 2 rings (SSSR count). The molecule has 0 bridgehead atoms. The number of halogens is 1. The first-order valence-corrected chi connectivity index (χ1v) is 7.17. The number of nitrogens with one attached hydrogen (secondary N) is 1. The van der Waals surface area contributed by atoms with Crippen LogP contribution in [0.25, 0.3) is 0 Å². The van der Waals surface area contributed by atoms with Gasteiger partial charge in [-0.05, 0) is 44.4 Å². The van der Waals surface area contributed by atoms with Crippen LogP contribution in [0.15, 0.2) is 18.2 Å². The maximum atomic E-state index is 12.0. The molecule has 1 fully saturated rings. The Morgan fingerprint density at radius 3 is 2.79 bits per heavy atom. The van der Waals surface area contributed by atoms with Gasteiger partial charge < -0.3 is 10.1 Å². The molecule has 4 heteroatoms. The van der Waals surface area contributed by atoms with Crippen molar-refractivity contribution in [2.45, 2.75) is 51.7 Å². The van der Waals surface area contributed by atoms with Gasteiger partial charge in [0, 0.05) is 11.1 Å². The Morgan fingerprint density at radius 1 is 1.42 bits per heavy atom. The quantitative estimate of drug-likeness (QED) is 0.918. The predicted molar refractivity (Wildman–Crippen MR) is 76.7 cm³/mol. The predicted octanol–water partition coefficient (Wildman–Crippen LogP) is 3.47. The molecule has 1 N–H and O–H groups in total. The standard InChI is InChI=1S/C15H20ClNO2/c1-10-7-8-12(16)9-14(10)19-11(2)15(18)17-13-5-3-4-6-13/h7-9,11,13H,3-6H2,1-2H3,(H,17,18). The Hall–Kier alpha value is -1.22. The topological polar surface area (TPSA) is 38.3 Å². The van der Waals surface area contributed by atoms with Crippen LogP contribution < -0.4 is 10.1 Å². The highest BCUT2D eigenvalue weighted by Crippen LogP contribution is 2.24. The number of carbonyl (C=O) groups is 1. The van der Waals surface area contributed by atoms with Crippen LogP contribution >= 0.6 is 11.6 Å². The minimum atomic E-state index is -0.502. The molecule has 1 aliphatic rings. The fourth-order valence-corrected chi connectivity index (χ4v) is 2.50. The molecule has 1 atom stereocenters. The molecule has 0 heterocycles. The first-order valence-electron chi connectivity index (χ1n) is 6.79. The van der Waals surface area contributed by atoms with E-state index in [4.69, 9.17) is 16.3 Å². The summed E-state index contributed by atoms with van der Waals surface area (Å²) < 4.78 is 5.70. The number of benzene rings is 1.